The summed E-state index contributed by atoms with van der Waals surface area (Å²) < 4.78 is 6.73. The fraction of sp³-hybridized carbons (Fsp3) is 0.333. The van der Waals surface area contributed by atoms with E-state index in [4.69, 9.17) is 9.72 Å². The molecule has 0 fully saturated rings. The van der Waals surface area contributed by atoms with E-state index in [2.05, 4.69) is 0 Å². The molecule has 2 aliphatic heterocycles. The predicted molar refractivity (Wildman–Crippen MR) is 114 cm³/mol. The van der Waals surface area contributed by atoms with Crippen LogP contribution in [0.3, 0.4) is 0 Å². The van der Waals surface area contributed by atoms with Crippen LogP contribution in [0.1, 0.15) is 48.9 Å². The third-order valence-corrected chi connectivity index (χ3v) is 6.34. The summed E-state index contributed by atoms with van der Waals surface area (Å²) in [5.41, 5.74) is 2.58. The Bertz CT molecular complexity index is 1340. The second-order valence-electron chi connectivity index (χ2n) is 8.33. The summed E-state index contributed by atoms with van der Waals surface area (Å²) in [5, 5.41) is 11.9. The maximum absolute atomic E-state index is 13.2. The summed E-state index contributed by atoms with van der Waals surface area (Å²) in [4.78, 5) is 41.5. The molecule has 1 unspecified atom stereocenters. The zero-order valence-electron chi connectivity index (χ0n) is 17.4. The summed E-state index contributed by atoms with van der Waals surface area (Å²) >= 11 is 0. The average Bonchev–Trinajstić information content (AvgIpc) is 3.11. The highest BCUT2D eigenvalue weighted by atomic mass is 16.6. The zero-order chi connectivity index (χ0) is 21.9. The molecule has 7 heteroatoms. The molecule has 0 bridgehead atoms. The van der Waals surface area contributed by atoms with Gasteiger partial charge in [-0.3, -0.25) is 4.79 Å². The lowest BCUT2D eigenvalue weighted by Crippen LogP contribution is -2.44. The van der Waals surface area contributed by atoms with Crippen molar-refractivity contribution in [3.8, 4) is 11.4 Å². The van der Waals surface area contributed by atoms with Gasteiger partial charge in [0.05, 0.1) is 29.0 Å². The van der Waals surface area contributed by atoms with E-state index < -0.39 is 11.6 Å². The molecule has 0 saturated carbocycles. The van der Waals surface area contributed by atoms with E-state index in [0.717, 1.165) is 22.0 Å². The lowest BCUT2D eigenvalue weighted by Gasteiger charge is -2.31. The Labute approximate surface area is 178 Å². The number of hydrogen-bond donors (Lipinski definition) is 1. The fourth-order valence-corrected chi connectivity index (χ4v) is 4.51. The largest absolute Gasteiger partial charge is 0.458 e. The summed E-state index contributed by atoms with van der Waals surface area (Å²) in [6.07, 6.45) is 1.29. The van der Waals surface area contributed by atoms with Gasteiger partial charge in [-0.15, -0.1) is 0 Å². The quantitative estimate of drug-likeness (QED) is 0.512. The Kier molecular flexibility index (Phi) is 4.34. The molecule has 0 spiro atoms. The number of aromatic nitrogens is 2. The molecule has 0 radical (unpaired) electrons. The fourth-order valence-electron chi connectivity index (χ4n) is 4.51. The van der Waals surface area contributed by atoms with Gasteiger partial charge in [0.2, 0.25) is 0 Å². The number of cyclic esters (lactones) is 1. The van der Waals surface area contributed by atoms with Gasteiger partial charge in [0, 0.05) is 22.9 Å². The Morgan fingerprint density at radius 1 is 1.26 bits per heavy atom. The molecule has 4 heterocycles. The lowest BCUT2D eigenvalue weighted by molar-refractivity contribution is -0.172. The van der Waals surface area contributed by atoms with Crippen molar-refractivity contribution in [2.75, 3.05) is 0 Å². The molecule has 0 aliphatic carbocycles. The van der Waals surface area contributed by atoms with Crippen molar-refractivity contribution >= 4 is 22.7 Å². The van der Waals surface area contributed by atoms with Gasteiger partial charge in [-0.05, 0) is 49.6 Å². The number of ether oxygens (including phenoxy) is 1. The molecule has 0 saturated heterocycles. The molecule has 3 aromatic rings. The van der Waals surface area contributed by atoms with Gasteiger partial charge in [-0.2, -0.15) is 0 Å². The minimum atomic E-state index is -1.83. The smallest absolute Gasteiger partial charge is 0.343 e. The Hall–Kier alpha value is -3.32. The lowest BCUT2D eigenvalue weighted by atomic mass is 9.86. The van der Waals surface area contributed by atoms with Gasteiger partial charge < -0.3 is 19.2 Å². The topological polar surface area (TPSA) is 98.5 Å². The number of hydrogen-bond acceptors (Lipinski definition) is 6. The number of ketones is 1. The van der Waals surface area contributed by atoms with Crippen molar-refractivity contribution in [3.63, 3.8) is 0 Å². The van der Waals surface area contributed by atoms with Crippen LogP contribution in [-0.2, 0) is 39.5 Å². The highest BCUT2D eigenvalue weighted by Gasteiger charge is 2.45. The van der Waals surface area contributed by atoms with Gasteiger partial charge in [0.1, 0.15) is 12.4 Å². The molecule has 7 nitrogen and oxygen atoms in total. The molecule has 1 aromatic carbocycles. The predicted octanol–water partition coefficient (Wildman–Crippen LogP) is 2.60. The monoisotopic (exact) mass is 418 g/mol. The normalized spacial score (nSPS) is 19.0. The van der Waals surface area contributed by atoms with Gasteiger partial charge in [-0.1, -0.05) is 13.0 Å². The van der Waals surface area contributed by atoms with E-state index in [9.17, 15) is 19.5 Å². The molecule has 0 amide bonds. The molecular weight excluding hydrogens is 396 g/mol. The number of benzene rings is 1. The molecule has 31 heavy (non-hydrogen) atoms. The number of pyridine rings is 2. The summed E-state index contributed by atoms with van der Waals surface area (Å²) in [5.74, 6) is -0.574. The highest BCUT2D eigenvalue weighted by Crippen LogP contribution is 2.38. The SMILES string of the molecule is CCC1(O)C(=O)OCc2c1cc1n(c2=O)Cc2cc3cc(CCC(C)=O)ccc3nc2-1. The summed E-state index contributed by atoms with van der Waals surface area (Å²) in [6, 6.07) is 9.65. The van der Waals surface area contributed by atoms with Crippen molar-refractivity contribution < 1.29 is 19.4 Å². The van der Waals surface area contributed by atoms with Crippen LogP contribution in [0.4, 0.5) is 0 Å². The number of rotatable bonds is 4. The van der Waals surface area contributed by atoms with Crippen LogP contribution in [0.5, 0.6) is 0 Å². The van der Waals surface area contributed by atoms with Gasteiger partial charge in [0.25, 0.3) is 5.56 Å². The molecule has 1 atom stereocenters. The van der Waals surface area contributed by atoms with Crippen LogP contribution in [0.2, 0.25) is 0 Å². The van der Waals surface area contributed by atoms with E-state index in [1.54, 1.807) is 24.5 Å². The molecule has 2 aromatic heterocycles. The van der Waals surface area contributed by atoms with Crippen LogP contribution in [0.25, 0.3) is 22.3 Å². The molecule has 1 N–H and O–H groups in total. The second kappa shape index (κ2) is 6.85. The standard InChI is InChI=1S/C24H22N2O5/c1-3-24(30)18-10-20-21-16(11-26(20)22(28)17(18)12-31-23(24)29)9-15-8-14(5-4-13(2)27)6-7-19(15)25-21/h6-10,30H,3-5,11-12H2,1-2H3. The molecule has 2 aliphatic rings. The average molecular weight is 418 g/mol. The molecular formula is C24H22N2O5. The van der Waals surface area contributed by atoms with Crippen molar-refractivity contribution in [1.82, 2.24) is 9.55 Å². The van der Waals surface area contributed by atoms with E-state index in [1.807, 2.05) is 24.3 Å². The number of carbonyl (C=O) groups is 2. The minimum Gasteiger partial charge on any atom is -0.458 e. The van der Waals surface area contributed by atoms with Crippen molar-refractivity contribution in [3.05, 3.63) is 62.9 Å². The van der Waals surface area contributed by atoms with Gasteiger partial charge in [-0.25, -0.2) is 9.78 Å². The van der Waals surface area contributed by atoms with Crippen molar-refractivity contribution in [2.24, 2.45) is 0 Å². The van der Waals surface area contributed by atoms with Crippen LogP contribution in [-0.4, -0.2) is 26.4 Å². The maximum atomic E-state index is 13.2. The first-order valence-corrected chi connectivity index (χ1v) is 10.4. The summed E-state index contributed by atoms with van der Waals surface area (Å²) in [6.45, 7) is 3.50. The third-order valence-electron chi connectivity index (χ3n) is 6.34. The van der Waals surface area contributed by atoms with Crippen LogP contribution in [0, 0.1) is 0 Å². The highest BCUT2D eigenvalue weighted by molar-refractivity contribution is 5.86. The summed E-state index contributed by atoms with van der Waals surface area (Å²) in [7, 11) is 0. The maximum Gasteiger partial charge on any atom is 0.343 e. The number of aliphatic hydroxyl groups is 1. The second-order valence-corrected chi connectivity index (χ2v) is 8.33. The van der Waals surface area contributed by atoms with E-state index >= 15 is 0 Å². The number of Topliss-reactive ketones (excluding diaryl/α,β-unsaturated/α-hetero) is 1. The minimum absolute atomic E-state index is 0.114. The van der Waals surface area contributed by atoms with E-state index in [0.29, 0.717) is 41.9 Å². The number of fused-ring (bicyclic) bond motifs is 5. The number of carbonyl (C=O) groups excluding carboxylic acids is 2. The molecule has 5 rings (SSSR count). The van der Waals surface area contributed by atoms with E-state index in [-0.39, 0.29) is 24.4 Å². The number of esters is 1. The Morgan fingerprint density at radius 3 is 2.81 bits per heavy atom. The molecule has 158 valence electrons. The first-order valence-electron chi connectivity index (χ1n) is 10.4. The first-order chi connectivity index (χ1) is 14.8. The van der Waals surface area contributed by atoms with Gasteiger partial charge >= 0.3 is 5.97 Å². The number of aryl methyl sites for hydroxylation is 1. The van der Waals surface area contributed by atoms with Crippen LogP contribution < -0.4 is 5.56 Å². The first kappa shape index (κ1) is 19.6. The van der Waals surface area contributed by atoms with Crippen LogP contribution in [0.15, 0.2) is 35.1 Å². The van der Waals surface area contributed by atoms with Crippen molar-refractivity contribution in [2.45, 2.75) is 51.9 Å². The third kappa shape index (κ3) is 2.91. The van der Waals surface area contributed by atoms with E-state index in [1.165, 1.54) is 0 Å². The Morgan fingerprint density at radius 2 is 2.06 bits per heavy atom. The van der Waals surface area contributed by atoms with Gasteiger partial charge in [0.15, 0.2) is 5.60 Å². The Balaban J connectivity index is 1.64. The van der Waals surface area contributed by atoms with Crippen LogP contribution >= 0.6 is 0 Å². The number of nitrogens with zero attached hydrogens (tertiary/aromatic N) is 2. The van der Waals surface area contributed by atoms with Crippen molar-refractivity contribution in [1.29, 1.82) is 0 Å². The zero-order valence-corrected chi connectivity index (χ0v) is 17.4.